The zero-order valence-electron chi connectivity index (χ0n) is 22.0. The number of rotatable bonds is 20. The molecule has 0 bridgehead atoms. The Morgan fingerprint density at radius 3 is 1.97 bits per heavy atom. The second-order valence-electron chi connectivity index (χ2n) is 9.79. The van der Waals surface area contributed by atoms with Gasteiger partial charge in [-0.25, -0.2) is 4.99 Å². The van der Waals surface area contributed by atoms with Crippen molar-refractivity contribution in [2.45, 2.75) is 137 Å². The van der Waals surface area contributed by atoms with Crippen LogP contribution in [-0.2, 0) is 4.79 Å². The Hall–Kier alpha value is -1.16. The molecular weight excluding hydrogens is 394 g/mol. The van der Waals surface area contributed by atoms with Crippen LogP contribution in [0.1, 0.15) is 130 Å². The molecule has 0 aromatic carbocycles. The summed E-state index contributed by atoms with van der Waals surface area (Å²) < 4.78 is 0.855. The number of unbranched alkanes of at least 4 members (excludes halogenated alkanes) is 13. The van der Waals surface area contributed by atoms with E-state index in [2.05, 4.69) is 38.2 Å². The first-order valence-corrected chi connectivity index (χ1v) is 13.9. The summed E-state index contributed by atoms with van der Waals surface area (Å²) in [6.07, 6.45) is 26.3. The molecule has 4 nitrogen and oxygen atoms in total. The molecule has 0 fully saturated rings. The second kappa shape index (κ2) is 18.3. The van der Waals surface area contributed by atoms with Crippen LogP contribution in [-0.4, -0.2) is 42.0 Å². The van der Waals surface area contributed by atoms with Gasteiger partial charge in [-0.3, -0.25) is 9.28 Å². The van der Waals surface area contributed by atoms with Crippen molar-refractivity contribution in [1.29, 1.82) is 0 Å². The highest BCUT2D eigenvalue weighted by Gasteiger charge is 2.41. The van der Waals surface area contributed by atoms with Gasteiger partial charge in [-0.2, -0.15) is 0 Å². The predicted molar refractivity (Wildman–Crippen MR) is 140 cm³/mol. The van der Waals surface area contributed by atoms with E-state index >= 15 is 0 Å². The fourth-order valence-corrected chi connectivity index (χ4v) is 5.09. The van der Waals surface area contributed by atoms with Gasteiger partial charge in [0.1, 0.15) is 6.54 Å². The number of hydrogen-bond donors (Lipinski definition) is 1. The minimum atomic E-state index is 0.0596. The first-order chi connectivity index (χ1) is 15.6. The monoisotopic (exact) mass is 448 g/mol. The molecule has 1 N–H and O–H groups in total. The van der Waals surface area contributed by atoms with Gasteiger partial charge in [-0.1, -0.05) is 83.3 Å². The lowest BCUT2D eigenvalue weighted by atomic mass is 10.0. The lowest BCUT2D eigenvalue weighted by Crippen LogP contribution is -2.62. The summed E-state index contributed by atoms with van der Waals surface area (Å²) in [5.74, 6) is 1.37. The third-order valence-corrected chi connectivity index (χ3v) is 7.19. The van der Waals surface area contributed by atoms with Crippen molar-refractivity contribution in [1.82, 2.24) is 5.32 Å². The number of nitrogens with zero attached hydrogens (tertiary/aromatic N) is 2. The molecular formula is C28H54N3O+. The van der Waals surface area contributed by atoms with E-state index < -0.39 is 0 Å². The molecule has 0 radical (unpaired) electrons. The third kappa shape index (κ3) is 11.6. The first kappa shape index (κ1) is 28.9. The molecule has 0 aromatic heterocycles. The Morgan fingerprint density at radius 2 is 1.44 bits per heavy atom. The molecule has 2 atom stereocenters. The Bertz CT molecular complexity index is 543. The van der Waals surface area contributed by atoms with Gasteiger partial charge in [-0.15, -0.1) is 0 Å². The molecule has 32 heavy (non-hydrogen) atoms. The topological polar surface area (TPSA) is 41.5 Å². The Morgan fingerprint density at radius 1 is 0.906 bits per heavy atom. The number of likely N-dealkylation sites (N-methyl/N-ethyl adjacent to an activating group) is 1. The maximum Gasteiger partial charge on any atom is 0.221 e. The summed E-state index contributed by atoms with van der Waals surface area (Å²) in [4.78, 5) is 16.4. The van der Waals surface area contributed by atoms with Crippen molar-refractivity contribution < 1.29 is 9.28 Å². The van der Waals surface area contributed by atoms with Gasteiger partial charge in [-0.05, 0) is 39.0 Å². The van der Waals surface area contributed by atoms with E-state index in [9.17, 15) is 4.79 Å². The van der Waals surface area contributed by atoms with E-state index in [4.69, 9.17) is 4.99 Å². The van der Waals surface area contributed by atoms with Crippen LogP contribution in [0.25, 0.3) is 0 Å². The largest absolute Gasteiger partial charge is 0.307 e. The number of nitrogens with one attached hydrogen (secondary N) is 1. The van der Waals surface area contributed by atoms with E-state index in [1.165, 1.54) is 102 Å². The molecule has 186 valence electrons. The van der Waals surface area contributed by atoms with Gasteiger partial charge in [0, 0.05) is 20.3 Å². The zero-order valence-corrected chi connectivity index (χ0v) is 22.0. The number of allylic oxidation sites excluding steroid dienone is 2. The van der Waals surface area contributed by atoms with Gasteiger partial charge < -0.3 is 5.32 Å². The Kier molecular flexibility index (Phi) is 16.5. The van der Waals surface area contributed by atoms with E-state index in [-0.39, 0.29) is 12.1 Å². The number of amides is 1. The van der Waals surface area contributed by atoms with Gasteiger partial charge in [0.2, 0.25) is 5.91 Å². The summed E-state index contributed by atoms with van der Waals surface area (Å²) in [6.45, 7) is 11.2. The highest BCUT2D eigenvalue weighted by atomic mass is 16.1. The van der Waals surface area contributed by atoms with Crippen molar-refractivity contribution in [2.75, 3.05) is 19.6 Å². The molecule has 0 saturated carbocycles. The van der Waals surface area contributed by atoms with Crippen LogP contribution in [0.5, 0.6) is 0 Å². The van der Waals surface area contributed by atoms with Gasteiger partial charge >= 0.3 is 0 Å². The zero-order chi connectivity index (χ0) is 23.5. The van der Waals surface area contributed by atoms with Crippen LogP contribution < -0.4 is 5.32 Å². The minimum Gasteiger partial charge on any atom is -0.307 e. The van der Waals surface area contributed by atoms with E-state index in [1.54, 1.807) is 6.92 Å². The molecule has 4 heteroatoms. The van der Waals surface area contributed by atoms with Gasteiger partial charge in [0.05, 0.1) is 13.1 Å². The van der Waals surface area contributed by atoms with Crippen molar-refractivity contribution >= 4 is 11.7 Å². The molecule has 1 heterocycles. The smallest absolute Gasteiger partial charge is 0.221 e. The summed E-state index contributed by atoms with van der Waals surface area (Å²) in [5, 5.41) is 3.11. The number of carbonyl (C=O) groups excluding carboxylic acids is 1. The van der Waals surface area contributed by atoms with Crippen LogP contribution in [0.2, 0.25) is 0 Å². The Balaban J connectivity index is 2.00. The Labute approximate surface area is 199 Å². The van der Waals surface area contributed by atoms with Crippen molar-refractivity contribution in [3.8, 4) is 0 Å². The molecule has 1 amide bonds. The summed E-state index contributed by atoms with van der Waals surface area (Å²) in [6, 6.07) is 0. The SMILES string of the molecule is CCCCC/C=C/CCCCCCCCCCCCC1=NCC[N+]1(CC)C(C)NC(C)=O. The summed E-state index contributed by atoms with van der Waals surface area (Å²) in [5.41, 5.74) is 0. The molecule has 0 saturated heterocycles. The number of amidine groups is 1. The standard InChI is InChI=1S/C28H53N3O/c1-5-7-8-9-10-11-12-13-14-15-16-17-18-19-20-21-22-23-28-29-24-25-31(28,6-2)26(3)30-27(4)32/h10-11,26H,5-9,12-25H2,1-4H3/p+1/b11-10+. The van der Waals surface area contributed by atoms with Crippen molar-refractivity contribution in [2.24, 2.45) is 4.99 Å². The third-order valence-electron chi connectivity index (χ3n) is 7.19. The number of quaternary nitrogens is 1. The molecule has 0 spiro atoms. The number of aliphatic imine (C=N–C) groups is 1. The van der Waals surface area contributed by atoms with E-state index in [0.717, 1.165) is 30.5 Å². The maximum atomic E-state index is 11.5. The van der Waals surface area contributed by atoms with Gasteiger partial charge in [0.25, 0.3) is 0 Å². The highest BCUT2D eigenvalue weighted by Crippen LogP contribution is 2.23. The number of hydrogen-bond acceptors (Lipinski definition) is 2. The normalized spacial score (nSPS) is 19.4. The fraction of sp³-hybridized carbons (Fsp3) is 0.857. The van der Waals surface area contributed by atoms with Crippen LogP contribution in [0.3, 0.4) is 0 Å². The lowest BCUT2D eigenvalue weighted by molar-refractivity contribution is -0.861. The predicted octanol–water partition coefficient (Wildman–Crippen LogP) is 7.54. The first-order valence-electron chi connectivity index (χ1n) is 13.9. The van der Waals surface area contributed by atoms with Crippen LogP contribution >= 0.6 is 0 Å². The fourth-order valence-electron chi connectivity index (χ4n) is 5.09. The summed E-state index contributed by atoms with van der Waals surface area (Å²) >= 11 is 0. The molecule has 0 aromatic rings. The van der Waals surface area contributed by atoms with Crippen molar-refractivity contribution in [3.05, 3.63) is 12.2 Å². The number of carbonyl (C=O) groups is 1. The van der Waals surface area contributed by atoms with Crippen molar-refractivity contribution in [3.63, 3.8) is 0 Å². The quantitative estimate of drug-likeness (QED) is 0.117. The van der Waals surface area contributed by atoms with Crippen LogP contribution in [0.15, 0.2) is 17.1 Å². The average Bonchev–Trinajstić information content (AvgIpc) is 3.19. The maximum absolute atomic E-state index is 11.5. The van der Waals surface area contributed by atoms with Gasteiger partial charge in [0.15, 0.2) is 12.0 Å². The van der Waals surface area contributed by atoms with E-state index in [0.29, 0.717) is 0 Å². The summed E-state index contributed by atoms with van der Waals surface area (Å²) in [7, 11) is 0. The molecule has 1 aliphatic heterocycles. The molecule has 1 aliphatic rings. The second-order valence-corrected chi connectivity index (χ2v) is 9.79. The van der Waals surface area contributed by atoms with Crippen LogP contribution in [0, 0.1) is 0 Å². The van der Waals surface area contributed by atoms with E-state index in [1.807, 2.05) is 0 Å². The van der Waals surface area contributed by atoms with Crippen LogP contribution in [0.4, 0.5) is 0 Å². The molecule has 2 unspecified atom stereocenters. The molecule has 0 aliphatic carbocycles. The average molecular weight is 449 g/mol. The molecule has 1 rings (SSSR count). The minimum absolute atomic E-state index is 0.0596. The lowest BCUT2D eigenvalue weighted by Gasteiger charge is -2.39. The highest BCUT2D eigenvalue weighted by molar-refractivity contribution is 5.78.